The Labute approximate surface area is 131 Å². The molecule has 0 fully saturated rings. The lowest BCUT2D eigenvalue weighted by molar-refractivity contribution is 0.0947. The summed E-state index contributed by atoms with van der Waals surface area (Å²) in [5.41, 5.74) is 0.209. The molecule has 0 aliphatic carbocycles. The first-order valence-electron chi connectivity index (χ1n) is 6.91. The topological polar surface area (TPSA) is 64.6 Å². The molecule has 23 heavy (non-hydrogen) atoms. The molecule has 2 aromatic heterocycles. The van der Waals surface area contributed by atoms with Crippen LogP contribution in [0.3, 0.4) is 0 Å². The van der Waals surface area contributed by atoms with Crippen LogP contribution in [0, 0.1) is 5.82 Å². The summed E-state index contributed by atoms with van der Waals surface area (Å²) < 4.78 is 29.2. The van der Waals surface area contributed by atoms with Crippen molar-refractivity contribution in [2.75, 3.05) is 7.11 Å². The van der Waals surface area contributed by atoms with E-state index in [-0.39, 0.29) is 17.9 Å². The summed E-state index contributed by atoms with van der Waals surface area (Å²) in [6, 6.07) is 11.1. The Morgan fingerprint density at radius 3 is 2.78 bits per heavy atom. The van der Waals surface area contributed by atoms with Gasteiger partial charge in [-0.2, -0.15) is 0 Å². The number of hydrogen-bond acceptors (Lipinski definition) is 4. The first-order chi connectivity index (χ1) is 11.2. The molecule has 0 atom stereocenters. The second-order valence-electron chi connectivity index (χ2n) is 4.78. The van der Waals surface area contributed by atoms with Crippen LogP contribution in [0.4, 0.5) is 4.39 Å². The van der Waals surface area contributed by atoms with E-state index in [1.165, 1.54) is 19.2 Å². The molecule has 6 heteroatoms. The van der Waals surface area contributed by atoms with Gasteiger partial charge in [0.2, 0.25) is 0 Å². The number of furan rings is 2. The van der Waals surface area contributed by atoms with Gasteiger partial charge in [0.1, 0.15) is 5.76 Å². The standard InChI is InChI=1S/C17H14FNO4/c1-21-14-6-4-11(9-13(14)18)17(20)19-10-12-5-7-16(23-12)15-3-2-8-22-15/h2-9H,10H2,1H3,(H,19,20). The van der Waals surface area contributed by atoms with Gasteiger partial charge >= 0.3 is 0 Å². The summed E-state index contributed by atoms with van der Waals surface area (Å²) >= 11 is 0. The summed E-state index contributed by atoms with van der Waals surface area (Å²) in [5, 5.41) is 2.67. The fourth-order valence-electron chi connectivity index (χ4n) is 2.10. The number of carbonyl (C=O) groups is 1. The van der Waals surface area contributed by atoms with Crippen LogP contribution in [0.1, 0.15) is 16.1 Å². The molecular formula is C17H14FNO4. The number of rotatable bonds is 5. The molecule has 0 unspecified atom stereocenters. The Balaban J connectivity index is 1.64. The quantitative estimate of drug-likeness (QED) is 0.781. The van der Waals surface area contributed by atoms with Gasteiger partial charge in [-0.3, -0.25) is 4.79 Å². The molecule has 0 saturated heterocycles. The van der Waals surface area contributed by atoms with Gasteiger partial charge in [-0.15, -0.1) is 0 Å². The summed E-state index contributed by atoms with van der Waals surface area (Å²) in [7, 11) is 1.37. The predicted molar refractivity (Wildman–Crippen MR) is 80.5 cm³/mol. The normalized spacial score (nSPS) is 10.5. The molecule has 0 saturated carbocycles. The van der Waals surface area contributed by atoms with Crippen LogP contribution in [-0.2, 0) is 6.54 Å². The molecule has 2 heterocycles. The van der Waals surface area contributed by atoms with E-state index in [1.54, 1.807) is 30.5 Å². The van der Waals surface area contributed by atoms with Gasteiger partial charge in [0.15, 0.2) is 23.1 Å². The second kappa shape index (κ2) is 6.39. The lowest BCUT2D eigenvalue weighted by Crippen LogP contribution is -2.22. The number of ether oxygens (including phenoxy) is 1. The molecule has 5 nitrogen and oxygen atoms in total. The van der Waals surface area contributed by atoms with E-state index < -0.39 is 11.7 Å². The van der Waals surface area contributed by atoms with E-state index in [4.69, 9.17) is 13.6 Å². The number of amides is 1. The highest BCUT2D eigenvalue weighted by Crippen LogP contribution is 2.22. The van der Waals surface area contributed by atoms with Crippen molar-refractivity contribution in [3.05, 3.63) is 65.9 Å². The maximum absolute atomic E-state index is 13.6. The number of methoxy groups -OCH3 is 1. The zero-order chi connectivity index (χ0) is 16.2. The maximum atomic E-state index is 13.6. The van der Waals surface area contributed by atoms with Crippen LogP contribution in [-0.4, -0.2) is 13.0 Å². The Bertz CT molecular complexity index is 808. The Hall–Kier alpha value is -3.02. The van der Waals surface area contributed by atoms with Crippen LogP contribution in [0.2, 0.25) is 0 Å². The van der Waals surface area contributed by atoms with Crippen molar-refractivity contribution in [1.82, 2.24) is 5.32 Å². The van der Waals surface area contributed by atoms with Gasteiger partial charge in [0.05, 0.1) is 19.9 Å². The SMILES string of the molecule is COc1ccc(C(=O)NCc2ccc(-c3ccco3)o2)cc1F. The van der Waals surface area contributed by atoms with Gasteiger partial charge < -0.3 is 18.9 Å². The number of benzene rings is 1. The highest BCUT2D eigenvalue weighted by Gasteiger charge is 2.12. The van der Waals surface area contributed by atoms with E-state index in [2.05, 4.69) is 5.32 Å². The molecule has 0 bridgehead atoms. The van der Waals surface area contributed by atoms with Crippen molar-refractivity contribution < 1.29 is 22.8 Å². The highest BCUT2D eigenvalue weighted by molar-refractivity contribution is 5.94. The third kappa shape index (κ3) is 3.26. The average Bonchev–Trinajstić information content (AvgIpc) is 3.23. The zero-order valence-corrected chi connectivity index (χ0v) is 12.3. The molecule has 3 rings (SSSR count). The van der Waals surface area contributed by atoms with Crippen molar-refractivity contribution in [3.8, 4) is 17.3 Å². The molecule has 118 valence electrons. The third-order valence-corrected chi connectivity index (χ3v) is 3.26. The Morgan fingerprint density at radius 1 is 1.22 bits per heavy atom. The largest absolute Gasteiger partial charge is 0.494 e. The van der Waals surface area contributed by atoms with Crippen molar-refractivity contribution in [1.29, 1.82) is 0 Å². The number of nitrogens with one attached hydrogen (secondary N) is 1. The van der Waals surface area contributed by atoms with Crippen LogP contribution >= 0.6 is 0 Å². The lowest BCUT2D eigenvalue weighted by atomic mass is 10.2. The van der Waals surface area contributed by atoms with E-state index in [9.17, 15) is 9.18 Å². The zero-order valence-electron chi connectivity index (χ0n) is 12.3. The van der Waals surface area contributed by atoms with E-state index >= 15 is 0 Å². The first-order valence-corrected chi connectivity index (χ1v) is 6.91. The van der Waals surface area contributed by atoms with Gasteiger partial charge in [0, 0.05) is 5.56 Å². The second-order valence-corrected chi connectivity index (χ2v) is 4.78. The fraction of sp³-hybridized carbons (Fsp3) is 0.118. The van der Waals surface area contributed by atoms with Crippen molar-refractivity contribution in [2.45, 2.75) is 6.54 Å². The van der Waals surface area contributed by atoms with Crippen molar-refractivity contribution >= 4 is 5.91 Å². The average molecular weight is 315 g/mol. The monoisotopic (exact) mass is 315 g/mol. The molecule has 0 aliphatic heterocycles. The van der Waals surface area contributed by atoms with Crippen molar-refractivity contribution in [2.24, 2.45) is 0 Å². The van der Waals surface area contributed by atoms with Gasteiger partial charge in [-0.05, 0) is 42.5 Å². The van der Waals surface area contributed by atoms with Gasteiger partial charge in [-0.25, -0.2) is 4.39 Å². The summed E-state index contributed by atoms with van der Waals surface area (Å²) in [4.78, 5) is 12.0. The van der Waals surface area contributed by atoms with Crippen LogP contribution in [0.15, 0.2) is 57.6 Å². The van der Waals surface area contributed by atoms with Gasteiger partial charge in [-0.1, -0.05) is 0 Å². The van der Waals surface area contributed by atoms with Crippen LogP contribution in [0.5, 0.6) is 5.75 Å². The molecule has 1 amide bonds. The smallest absolute Gasteiger partial charge is 0.251 e. The number of hydrogen-bond donors (Lipinski definition) is 1. The molecule has 0 radical (unpaired) electrons. The number of halogens is 1. The molecular weight excluding hydrogens is 301 g/mol. The number of carbonyl (C=O) groups excluding carboxylic acids is 1. The van der Waals surface area contributed by atoms with Crippen LogP contribution < -0.4 is 10.1 Å². The summed E-state index contributed by atoms with van der Waals surface area (Å²) in [6.45, 7) is 0.188. The minimum Gasteiger partial charge on any atom is -0.494 e. The van der Waals surface area contributed by atoms with E-state index in [0.29, 0.717) is 17.3 Å². The van der Waals surface area contributed by atoms with Crippen LogP contribution in [0.25, 0.3) is 11.5 Å². The first kappa shape index (κ1) is 14.9. The fourth-order valence-corrected chi connectivity index (χ4v) is 2.10. The van der Waals surface area contributed by atoms with Gasteiger partial charge in [0.25, 0.3) is 5.91 Å². The minimum atomic E-state index is -0.585. The molecule has 1 aromatic carbocycles. The summed E-state index contributed by atoms with van der Waals surface area (Å²) in [5.74, 6) is 0.865. The lowest BCUT2D eigenvalue weighted by Gasteiger charge is -2.06. The van der Waals surface area contributed by atoms with E-state index in [1.807, 2.05) is 0 Å². The Kier molecular flexibility index (Phi) is 4.14. The maximum Gasteiger partial charge on any atom is 0.251 e. The molecule has 0 spiro atoms. The highest BCUT2D eigenvalue weighted by atomic mass is 19.1. The molecule has 1 N–H and O–H groups in total. The predicted octanol–water partition coefficient (Wildman–Crippen LogP) is 3.62. The summed E-state index contributed by atoms with van der Waals surface area (Å²) in [6.07, 6.45) is 1.55. The molecule has 3 aromatic rings. The molecule has 0 aliphatic rings. The van der Waals surface area contributed by atoms with E-state index in [0.717, 1.165) is 6.07 Å². The van der Waals surface area contributed by atoms with Crippen molar-refractivity contribution in [3.63, 3.8) is 0 Å². The third-order valence-electron chi connectivity index (χ3n) is 3.26. The Morgan fingerprint density at radius 2 is 2.09 bits per heavy atom. The minimum absolute atomic E-state index is 0.0932.